The van der Waals surface area contributed by atoms with Crippen LogP contribution in [0.5, 0.6) is 0 Å². The summed E-state index contributed by atoms with van der Waals surface area (Å²) in [6.07, 6.45) is 5.08. The predicted molar refractivity (Wildman–Crippen MR) is 135 cm³/mol. The van der Waals surface area contributed by atoms with Gasteiger partial charge in [-0.3, -0.25) is 9.78 Å². The fourth-order valence-electron chi connectivity index (χ4n) is 4.55. The number of amides is 1. The van der Waals surface area contributed by atoms with Crippen LogP contribution in [0, 0.1) is 11.3 Å². The molecule has 2 saturated heterocycles. The molecule has 4 aromatic rings. The Morgan fingerprint density at radius 3 is 2.92 bits per heavy atom. The topological polar surface area (TPSA) is 133 Å². The van der Waals surface area contributed by atoms with Gasteiger partial charge in [0.25, 0.3) is 0 Å². The first-order valence-corrected chi connectivity index (χ1v) is 12.5. The lowest BCUT2D eigenvalue weighted by molar-refractivity contribution is -0.121. The van der Waals surface area contributed by atoms with Gasteiger partial charge in [0.15, 0.2) is 5.01 Å². The lowest BCUT2D eigenvalue weighted by Gasteiger charge is -2.28. The van der Waals surface area contributed by atoms with Crippen LogP contribution in [-0.4, -0.2) is 69.6 Å². The maximum Gasteiger partial charge on any atom is 0.242 e. The molecular formula is C24H23N9O2S. The molecule has 36 heavy (non-hydrogen) atoms. The molecule has 2 aliphatic rings. The van der Waals surface area contributed by atoms with Gasteiger partial charge in [-0.1, -0.05) is 11.3 Å². The summed E-state index contributed by atoms with van der Waals surface area (Å²) in [4.78, 5) is 19.1. The van der Waals surface area contributed by atoms with Crippen molar-refractivity contribution in [3.8, 4) is 28.0 Å². The quantitative estimate of drug-likeness (QED) is 0.408. The summed E-state index contributed by atoms with van der Waals surface area (Å²) in [6, 6.07) is 9.73. The normalized spacial score (nSPS) is 17.7. The molecule has 0 saturated carbocycles. The number of carbonyl (C=O) groups excluding carboxylic acids is 1. The predicted octanol–water partition coefficient (Wildman–Crippen LogP) is 2.31. The molecule has 1 amide bonds. The van der Waals surface area contributed by atoms with Crippen molar-refractivity contribution in [2.45, 2.75) is 24.9 Å². The van der Waals surface area contributed by atoms with Crippen LogP contribution in [0.2, 0.25) is 0 Å². The van der Waals surface area contributed by atoms with Crippen molar-refractivity contribution in [2.24, 2.45) is 0 Å². The average Bonchev–Trinajstić information content (AvgIpc) is 3.64. The first-order valence-electron chi connectivity index (χ1n) is 11.7. The minimum absolute atomic E-state index is 0.00228. The first-order chi connectivity index (χ1) is 17.6. The van der Waals surface area contributed by atoms with Crippen LogP contribution in [0.3, 0.4) is 0 Å². The summed E-state index contributed by atoms with van der Waals surface area (Å²) in [5.41, 5.74) is 4.60. The number of ether oxygens (including phenoxy) is 1. The molecule has 0 aliphatic carbocycles. The minimum Gasteiger partial charge on any atom is -0.377 e. The summed E-state index contributed by atoms with van der Waals surface area (Å²) >= 11 is 1.46. The second kappa shape index (κ2) is 9.18. The molecule has 12 heteroatoms. The van der Waals surface area contributed by atoms with Gasteiger partial charge in [-0.25, -0.2) is 4.52 Å². The van der Waals surface area contributed by atoms with Crippen LogP contribution in [0.15, 0.2) is 36.7 Å². The van der Waals surface area contributed by atoms with E-state index in [1.165, 1.54) is 11.3 Å². The number of anilines is 2. The smallest absolute Gasteiger partial charge is 0.242 e. The number of carbonyl (C=O) groups is 1. The number of fused-ring (bicyclic) bond motifs is 1. The molecule has 6 rings (SSSR count). The van der Waals surface area contributed by atoms with E-state index in [-0.39, 0.29) is 18.0 Å². The van der Waals surface area contributed by atoms with Crippen molar-refractivity contribution in [1.82, 2.24) is 30.1 Å². The molecule has 0 radical (unpaired) electrons. The zero-order chi connectivity index (χ0) is 24.6. The SMILES string of the molecule is CNC(=O)C1CCCN1c1nnc(-c2cnc(-c3ccc4cc(C#N)cnn34)cc2NC2COC2)s1. The third-order valence-corrected chi connectivity index (χ3v) is 7.48. The Morgan fingerprint density at radius 2 is 2.14 bits per heavy atom. The highest BCUT2D eigenvalue weighted by molar-refractivity contribution is 7.18. The van der Waals surface area contributed by atoms with E-state index >= 15 is 0 Å². The van der Waals surface area contributed by atoms with E-state index in [1.807, 2.05) is 23.1 Å². The van der Waals surface area contributed by atoms with E-state index in [0.29, 0.717) is 18.8 Å². The number of hydrogen-bond acceptors (Lipinski definition) is 10. The largest absolute Gasteiger partial charge is 0.377 e. The van der Waals surface area contributed by atoms with E-state index in [1.54, 1.807) is 30.0 Å². The van der Waals surface area contributed by atoms with Crippen molar-refractivity contribution in [1.29, 1.82) is 5.26 Å². The second-order valence-corrected chi connectivity index (χ2v) is 9.72. The minimum atomic E-state index is -0.224. The standard InChI is InChI=1S/C24H23N9O2S/c1-26-22(34)21-3-2-6-32(21)24-31-30-23(36-24)17-11-27-19(8-18(17)29-15-12-35-13-15)20-5-4-16-7-14(9-25)10-28-33(16)20/h4-5,7-8,10-11,15,21H,2-3,6,12-13H2,1H3,(H,26,34)(H,27,29). The van der Waals surface area contributed by atoms with Gasteiger partial charge in [-0.15, -0.1) is 10.2 Å². The number of nitriles is 1. The maximum absolute atomic E-state index is 12.3. The lowest BCUT2D eigenvalue weighted by Crippen LogP contribution is -2.41. The van der Waals surface area contributed by atoms with E-state index in [0.717, 1.165) is 57.7 Å². The van der Waals surface area contributed by atoms with Crippen molar-refractivity contribution < 1.29 is 9.53 Å². The van der Waals surface area contributed by atoms with Crippen molar-refractivity contribution >= 4 is 33.6 Å². The third kappa shape index (κ3) is 3.92. The summed E-state index contributed by atoms with van der Waals surface area (Å²) in [7, 11) is 1.66. The number of nitrogens with one attached hydrogen (secondary N) is 2. The fraction of sp³-hybridized carbons (Fsp3) is 0.333. The highest BCUT2D eigenvalue weighted by Gasteiger charge is 2.33. The Bertz CT molecular complexity index is 1490. The van der Waals surface area contributed by atoms with Crippen LogP contribution < -0.4 is 15.5 Å². The molecule has 1 unspecified atom stereocenters. The highest BCUT2D eigenvalue weighted by Crippen LogP contribution is 2.37. The number of aromatic nitrogens is 5. The van der Waals surface area contributed by atoms with Crippen LogP contribution in [-0.2, 0) is 9.53 Å². The second-order valence-electron chi connectivity index (χ2n) is 8.76. The number of rotatable bonds is 6. The molecule has 1 atom stereocenters. The van der Waals surface area contributed by atoms with Crippen molar-refractivity contribution in [2.75, 3.05) is 37.0 Å². The van der Waals surface area contributed by atoms with E-state index in [2.05, 4.69) is 32.0 Å². The molecule has 6 heterocycles. The molecule has 2 aliphatic heterocycles. The number of pyridine rings is 1. The first kappa shape index (κ1) is 22.4. The fourth-order valence-corrected chi connectivity index (χ4v) is 5.50. The summed E-state index contributed by atoms with van der Waals surface area (Å²) in [5, 5.41) is 30.2. The van der Waals surface area contributed by atoms with Gasteiger partial charge < -0.3 is 20.3 Å². The monoisotopic (exact) mass is 501 g/mol. The molecular weight excluding hydrogens is 478 g/mol. The van der Waals surface area contributed by atoms with Gasteiger partial charge in [0.2, 0.25) is 11.0 Å². The maximum atomic E-state index is 12.3. The summed E-state index contributed by atoms with van der Waals surface area (Å²) < 4.78 is 7.13. The molecule has 0 spiro atoms. The Kier molecular flexibility index (Phi) is 5.71. The lowest BCUT2D eigenvalue weighted by atomic mass is 10.1. The van der Waals surface area contributed by atoms with Gasteiger partial charge in [0.1, 0.15) is 12.1 Å². The Labute approximate surface area is 210 Å². The average molecular weight is 502 g/mol. The van der Waals surface area contributed by atoms with Crippen LogP contribution in [0.1, 0.15) is 18.4 Å². The zero-order valence-electron chi connectivity index (χ0n) is 19.5. The number of likely N-dealkylation sites (N-methyl/N-ethyl adjacent to an activating group) is 1. The van der Waals surface area contributed by atoms with E-state index < -0.39 is 0 Å². The zero-order valence-corrected chi connectivity index (χ0v) is 20.3. The van der Waals surface area contributed by atoms with E-state index in [4.69, 9.17) is 9.72 Å². The molecule has 4 aromatic heterocycles. The number of nitrogens with zero attached hydrogens (tertiary/aromatic N) is 7. The molecule has 2 fully saturated rings. The Hall–Kier alpha value is -4.08. The third-order valence-electron chi connectivity index (χ3n) is 6.49. The number of hydrogen-bond donors (Lipinski definition) is 2. The van der Waals surface area contributed by atoms with Gasteiger partial charge in [-0.2, -0.15) is 10.4 Å². The molecule has 0 bridgehead atoms. The van der Waals surface area contributed by atoms with Crippen molar-refractivity contribution in [3.05, 3.63) is 42.2 Å². The van der Waals surface area contributed by atoms with E-state index in [9.17, 15) is 10.1 Å². The molecule has 182 valence electrons. The summed E-state index contributed by atoms with van der Waals surface area (Å²) in [6.45, 7) is 2.04. The van der Waals surface area contributed by atoms with Gasteiger partial charge in [-0.05, 0) is 37.1 Å². The van der Waals surface area contributed by atoms with Crippen LogP contribution >= 0.6 is 11.3 Å². The van der Waals surface area contributed by atoms with Gasteiger partial charge in [0, 0.05) is 25.5 Å². The Balaban J connectivity index is 1.36. The molecule has 2 N–H and O–H groups in total. The van der Waals surface area contributed by atoms with Gasteiger partial charge >= 0.3 is 0 Å². The molecule has 0 aromatic carbocycles. The Morgan fingerprint density at radius 1 is 1.25 bits per heavy atom. The van der Waals surface area contributed by atoms with Crippen LogP contribution in [0.4, 0.5) is 10.8 Å². The summed E-state index contributed by atoms with van der Waals surface area (Å²) in [5.74, 6) is -0.00228. The molecule has 11 nitrogen and oxygen atoms in total. The van der Waals surface area contributed by atoms with Gasteiger partial charge in [0.05, 0.1) is 53.5 Å². The highest BCUT2D eigenvalue weighted by atomic mass is 32.1. The van der Waals surface area contributed by atoms with Crippen LogP contribution in [0.25, 0.3) is 27.5 Å². The van der Waals surface area contributed by atoms with Crippen molar-refractivity contribution in [3.63, 3.8) is 0 Å².